The minimum atomic E-state index is 0.153. The van der Waals surface area contributed by atoms with Crippen molar-refractivity contribution < 1.29 is 0 Å². The third kappa shape index (κ3) is 3.65. The summed E-state index contributed by atoms with van der Waals surface area (Å²) in [5.74, 6) is 0. The Kier molecular flexibility index (Phi) is 5.70. The molecular formula is C14H23N5S. The molecule has 6 heteroatoms. The van der Waals surface area contributed by atoms with E-state index in [0.29, 0.717) is 6.54 Å². The second-order valence-electron chi connectivity index (χ2n) is 4.96. The predicted octanol–water partition coefficient (Wildman–Crippen LogP) is 2.19. The highest BCUT2D eigenvalue weighted by Gasteiger charge is 2.23. The van der Waals surface area contributed by atoms with E-state index in [0.717, 1.165) is 29.4 Å². The maximum Gasteiger partial charge on any atom is 0.116 e. The highest BCUT2D eigenvalue weighted by Crippen LogP contribution is 2.29. The quantitative estimate of drug-likeness (QED) is 0.782. The summed E-state index contributed by atoms with van der Waals surface area (Å²) in [4.78, 5) is 14.4. The van der Waals surface area contributed by atoms with E-state index in [1.807, 2.05) is 6.20 Å². The molecule has 0 aliphatic heterocycles. The molecule has 0 fully saturated rings. The summed E-state index contributed by atoms with van der Waals surface area (Å²) in [6.45, 7) is 3.90. The lowest BCUT2D eigenvalue weighted by atomic mass is 10.2. The zero-order valence-electron chi connectivity index (χ0n) is 12.2. The molecule has 0 saturated carbocycles. The van der Waals surface area contributed by atoms with Crippen LogP contribution in [0.4, 0.5) is 0 Å². The number of hydrogen-bond acceptors (Lipinski definition) is 5. The second kappa shape index (κ2) is 7.52. The average Bonchev–Trinajstić information content (AvgIpc) is 3.10. The SMILES string of the molecule is CCCCN(C)C(c1cnc[nH]1)c1nc(CCN)cs1. The van der Waals surface area contributed by atoms with Crippen molar-refractivity contribution in [3.05, 3.63) is 34.3 Å². The van der Waals surface area contributed by atoms with Crippen LogP contribution in [0.25, 0.3) is 0 Å². The number of nitrogens with zero attached hydrogens (tertiary/aromatic N) is 3. The zero-order chi connectivity index (χ0) is 14.4. The molecule has 2 rings (SSSR count). The van der Waals surface area contributed by atoms with Crippen LogP contribution in [0, 0.1) is 0 Å². The van der Waals surface area contributed by atoms with E-state index in [2.05, 4.69) is 34.2 Å². The van der Waals surface area contributed by atoms with Gasteiger partial charge in [0, 0.05) is 18.0 Å². The average molecular weight is 293 g/mol. The monoisotopic (exact) mass is 293 g/mol. The van der Waals surface area contributed by atoms with Crippen LogP contribution in [0.1, 0.15) is 42.2 Å². The number of H-pyrrole nitrogens is 1. The van der Waals surface area contributed by atoms with Crippen molar-refractivity contribution in [2.75, 3.05) is 20.1 Å². The first-order valence-corrected chi connectivity index (χ1v) is 7.97. The van der Waals surface area contributed by atoms with Crippen molar-refractivity contribution in [3.63, 3.8) is 0 Å². The van der Waals surface area contributed by atoms with Gasteiger partial charge < -0.3 is 10.7 Å². The molecule has 0 bridgehead atoms. The first-order chi connectivity index (χ1) is 9.76. The molecule has 0 amide bonds. The van der Waals surface area contributed by atoms with Gasteiger partial charge in [-0.1, -0.05) is 13.3 Å². The predicted molar refractivity (Wildman–Crippen MR) is 82.8 cm³/mol. The molecule has 0 aromatic carbocycles. The Bertz CT molecular complexity index is 493. The van der Waals surface area contributed by atoms with Crippen LogP contribution in [0.15, 0.2) is 17.9 Å². The maximum absolute atomic E-state index is 5.60. The van der Waals surface area contributed by atoms with Gasteiger partial charge in [0.25, 0.3) is 0 Å². The molecule has 5 nitrogen and oxygen atoms in total. The van der Waals surface area contributed by atoms with Crippen LogP contribution in [0.3, 0.4) is 0 Å². The summed E-state index contributed by atoms with van der Waals surface area (Å²) in [6, 6.07) is 0.153. The van der Waals surface area contributed by atoms with Gasteiger partial charge in [-0.25, -0.2) is 9.97 Å². The molecule has 2 aromatic heterocycles. The minimum Gasteiger partial charge on any atom is -0.347 e. The standard InChI is InChI=1S/C14H23N5S/c1-3-4-7-19(2)13(12-8-16-10-17-12)14-18-11(5-6-15)9-20-14/h8-10,13H,3-7,15H2,1-2H3,(H,16,17). The van der Waals surface area contributed by atoms with Gasteiger partial charge in [0.05, 0.1) is 17.7 Å². The normalized spacial score (nSPS) is 13.0. The Labute approximate surface area is 124 Å². The number of aromatic amines is 1. The highest BCUT2D eigenvalue weighted by molar-refractivity contribution is 7.09. The molecule has 0 aliphatic carbocycles. The number of rotatable bonds is 8. The van der Waals surface area contributed by atoms with Crippen molar-refractivity contribution in [2.24, 2.45) is 5.73 Å². The molecule has 1 unspecified atom stereocenters. The maximum atomic E-state index is 5.60. The first kappa shape index (κ1) is 15.2. The number of hydrogen-bond donors (Lipinski definition) is 2. The van der Waals surface area contributed by atoms with E-state index < -0.39 is 0 Å². The fourth-order valence-corrected chi connectivity index (χ4v) is 3.26. The fraction of sp³-hybridized carbons (Fsp3) is 0.571. The van der Waals surface area contributed by atoms with Crippen LogP contribution < -0.4 is 5.73 Å². The highest BCUT2D eigenvalue weighted by atomic mass is 32.1. The van der Waals surface area contributed by atoms with E-state index in [4.69, 9.17) is 10.7 Å². The summed E-state index contributed by atoms with van der Waals surface area (Å²) in [5, 5.41) is 3.22. The van der Waals surface area contributed by atoms with E-state index in [1.54, 1.807) is 17.7 Å². The fourth-order valence-electron chi connectivity index (χ4n) is 2.22. The molecule has 0 saturated heterocycles. The van der Waals surface area contributed by atoms with E-state index in [9.17, 15) is 0 Å². The number of nitrogens with one attached hydrogen (secondary N) is 1. The summed E-state index contributed by atoms with van der Waals surface area (Å²) >= 11 is 1.70. The summed E-state index contributed by atoms with van der Waals surface area (Å²) in [6.07, 6.45) is 6.82. The van der Waals surface area contributed by atoms with Crippen LogP contribution in [0.2, 0.25) is 0 Å². The summed E-state index contributed by atoms with van der Waals surface area (Å²) < 4.78 is 0. The lowest BCUT2D eigenvalue weighted by Gasteiger charge is -2.25. The van der Waals surface area contributed by atoms with Crippen molar-refractivity contribution >= 4 is 11.3 Å². The molecule has 1 atom stereocenters. The van der Waals surface area contributed by atoms with Crippen molar-refractivity contribution in [1.29, 1.82) is 0 Å². The first-order valence-electron chi connectivity index (χ1n) is 7.09. The molecule has 20 heavy (non-hydrogen) atoms. The second-order valence-corrected chi connectivity index (χ2v) is 5.85. The largest absolute Gasteiger partial charge is 0.347 e. The minimum absolute atomic E-state index is 0.153. The van der Waals surface area contributed by atoms with E-state index in [-0.39, 0.29) is 6.04 Å². The van der Waals surface area contributed by atoms with Gasteiger partial charge in [0.2, 0.25) is 0 Å². The third-order valence-corrected chi connectivity index (χ3v) is 4.27. The number of nitrogens with two attached hydrogens (primary N) is 1. The molecule has 3 N–H and O–H groups in total. The van der Waals surface area contributed by atoms with Gasteiger partial charge in [-0.3, -0.25) is 4.90 Å². The lowest BCUT2D eigenvalue weighted by molar-refractivity contribution is 0.270. The topological polar surface area (TPSA) is 70.8 Å². The Morgan fingerprint density at radius 3 is 3.00 bits per heavy atom. The molecule has 2 aromatic rings. The van der Waals surface area contributed by atoms with Crippen LogP contribution in [-0.4, -0.2) is 40.0 Å². The third-order valence-electron chi connectivity index (χ3n) is 3.32. The Hall–Kier alpha value is -1.24. The van der Waals surface area contributed by atoms with Gasteiger partial charge in [0.15, 0.2) is 0 Å². The summed E-state index contributed by atoms with van der Waals surface area (Å²) in [5.41, 5.74) is 7.78. The van der Waals surface area contributed by atoms with E-state index in [1.165, 1.54) is 12.8 Å². The smallest absolute Gasteiger partial charge is 0.116 e. The Balaban J connectivity index is 2.21. The molecule has 0 radical (unpaired) electrons. The molecule has 0 spiro atoms. The Morgan fingerprint density at radius 2 is 2.35 bits per heavy atom. The van der Waals surface area contributed by atoms with Gasteiger partial charge in [-0.15, -0.1) is 11.3 Å². The number of imidazole rings is 1. The number of aromatic nitrogens is 3. The molecular weight excluding hydrogens is 270 g/mol. The van der Waals surface area contributed by atoms with Crippen molar-refractivity contribution in [2.45, 2.75) is 32.2 Å². The molecule has 2 heterocycles. The molecule has 110 valence electrons. The molecule has 0 aliphatic rings. The summed E-state index contributed by atoms with van der Waals surface area (Å²) in [7, 11) is 2.14. The van der Waals surface area contributed by atoms with Gasteiger partial charge in [-0.05, 0) is 26.6 Å². The van der Waals surface area contributed by atoms with Gasteiger partial charge >= 0.3 is 0 Å². The Morgan fingerprint density at radius 1 is 1.50 bits per heavy atom. The van der Waals surface area contributed by atoms with Crippen molar-refractivity contribution in [3.8, 4) is 0 Å². The zero-order valence-corrected chi connectivity index (χ0v) is 13.0. The number of unbranched alkanes of at least 4 members (excludes halogenated alkanes) is 1. The van der Waals surface area contributed by atoms with Crippen LogP contribution >= 0.6 is 11.3 Å². The number of thiazole rings is 1. The van der Waals surface area contributed by atoms with Crippen molar-refractivity contribution in [1.82, 2.24) is 19.9 Å². The van der Waals surface area contributed by atoms with Gasteiger partial charge in [-0.2, -0.15) is 0 Å². The van der Waals surface area contributed by atoms with Crippen LogP contribution in [0.5, 0.6) is 0 Å². The van der Waals surface area contributed by atoms with Gasteiger partial charge in [0.1, 0.15) is 11.0 Å². The van der Waals surface area contributed by atoms with Crippen LogP contribution in [-0.2, 0) is 6.42 Å². The van der Waals surface area contributed by atoms with E-state index >= 15 is 0 Å². The lowest BCUT2D eigenvalue weighted by Crippen LogP contribution is -2.27.